The molecule has 0 saturated carbocycles. The molecule has 2 aromatic rings. The third kappa shape index (κ3) is 5.01. The van der Waals surface area contributed by atoms with Gasteiger partial charge in [0.05, 0.1) is 5.92 Å². The molecule has 0 fully saturated rings. The van der Waals surface area contributed by atoms with Crippen molar-refractivity contribution < 1.29 is 13.6 Å². The van der Waals surface area contributed by atoms with Crippen molar-refractivity contribution in [2.24, 2.45) is 5.92 Å². The summed E-state index contributed by atoms with van der Waals surface area (Å²) in [6.45, 7) is 15.7. The summed E-state index contributed by atoms with van der Waals surface area (Å²) < 4.78 is 12.7. The minimum atomic E-state index is -1.88. The predicted octanol–water partition coefficient (Wildman–Crippen LogP) is 7.13. The first kappa shape index (κ1) is 23.1. The average molecular weight is 443 g/mol. The Labute approximate surface area is 186 Å². The lowest BCUT2D eigenvalue weighted by Gasteiger charge is -2.37. The van der Waals surface area contributed by atoms with Crippen LogP contribution in [-0.2, 0) is 15.0 Å². The number of ketones is 1. The first-order chi connectivity index (χ1) is 14.0. The van der Waals surface area contributed by atoms with E-state index in [0.717, 1.165) is 27.7 Å². The van der Waals surface area contributed by atoms with Gasteiger partial charge in [0.1, 0.15) is 5.76 Å². The van der Waals surface area contributed by atoms with E-state index in [4.69, 9.17) is 8.84 Å². The summed E-state index contributed by atoms with van der Waals surface area (Å²) in [4.78, 5) is 13.0. The van der Waals surface area contributed by atoms with Gasteiger partial charge in [-0.3, -0.25) is 4.79 Å². The van der Waals surface area contributed by atoms with Gasteiger partial charge in [-0.15, -0.1) is 0 Å². The van der Waals surface area contributed by atoms with Gasteiger partial charge in [0.2, 0.25) is 0 Å². The lowest BCUT2D eigenvalue weighted by atomic mass is 9.90. The quantitative estimate of drug-likeness (QED) is 0.338. The Hall–Kier alpha value is -1.56. The molecule has 1 aromatic carbocycles. The molecule has 0 radical (unpaired) electrons. The van der Waals surface area contributed by atoms with E-state index in [1.54, 1.807) is 11.8 Å². The Morgan fingerprint density at radius 2 is 1.80 bits per heavy atom. The highest BCUT2D eigenvalue weighted by atomic mass is 32.2. The van der Waals surface area contributed by atoms with Gasteiger partial charge < -0.3 is 8.84 Å². The van der Waals surface area contributed by atoms with E-state index in [-0.39, 0.29) is 22.7 Å². The molecule has 0 N–H and O–H groups in total. The highest BCUT2D eigenvalue weighted by Crippen LogP contribution is 2.42. The van der Waals surface area contributed by atoms with Crippen LogP contribution in [-0.4, -0.2) is 20.7 Å². The van der Waals surface area contributed by atoms with Gasteiger partial charge in [0.25, 0.3) is 0 Å². The third-order valence-corrected chi connectivity index (χ3v) is 11.9. The molecule has 0 aliphatic heterocycles. The van der Waals surface area contributed by atoms with Crippen LogP contribution < -0.4 is 0 Å². The molecule has 5 heteroatoms. The maximum absolute atomic E-state index is 13.0. The van der Waals surface area contributed by atoms with Crippen molar-refractivity contribution in [3.63, 3.8) is 0 Å². The molecule has 3 nitrogen and oxygen atoms in total. The minimum Gasteiger partial charge on any atom is -0.454 e. The van der Waals surface area contributed by atoms with Crippen molar-refractivity contribution >= 4 is 25.9 Å². The molecule has 2 atom stereocenters. The zero-order chi connectivity index (χ0) is 22.1. The first-order valence-corrected chi connectivity index (χ1v) is 14.5. The minimum absolute atomic E-state index is 0.0310. The van der Waals surface area contributed by atoms with E-state index in [1.165, 1.54) is 5.56 Å². The number of thioether (sulfide) groups is 1. The fraction of sp³-hybridized carbons (Fsp3) is 0.480. The van der Waals surface area contributed by atoms with E-state index in [1.807, 2.05) is 32.0 Å². The summed E-state index contributed by atoms with van der Waals surface area (Å²) in [6, 6.07) is 12.4. The Kier molecular flexibility index (Phi) is 6.85. The van der Waals surface area contributed by atoms with E-state index >= 15 is 0 Å². The molecular formula is C25H34O3SSi. The molecule has 162 valence electrons. The highest BCUT2D eigenvalue weighted by Gasteiger charge is 2.42. The van der Waals surface area contributed by atoms with Crippen molar-refractivity contribution in [3.8, 4) is 0 Å². The molecule has 0 unspecified atom stereocenters. The van der Waals surface area contributed by atoms with Crippen LogP contribution in [0.3, 0.4) is 0 Å². The largest absolute Gasteiger partial charge is 0.454 e. The van der Waals surface area contributed by atoms with Gasteiger partial charge in [-0.2, -0.15) is 0 Å². The lowest BCUT2D eigenvalue weighted by Crippen LogP contribution is -2.42. The van der Waals surface area contributed by atoms with Gasteiger partial charge in [0, 0.05) is 18.3 Å². The van der Waals surface area contributed by atoms with Crippen LogP contribution in [0.5, 0.6) is 0 Å². The van der Waals surface area contributed by atoms with E-state index in [9.17, 15) is 4.79 Å². The van der Waals surface area contributed by atoms with Crippen LogP contribution in [0.4, 0.5) is 0 Å². The van der Waals surface area contributed by atoms with Crippen LogP contribution in [0.25, 0.3) is 0 Å². The summed E-state index contributed by atoms with van der Waals surface area (Å²) in [5.41, 5.74) is 3.12. The molecule has 0 amide bonds. The number of Topliss-reactive ketones (excluding diaryl/α,β-unsaturated/α-hetero) is 1. The summed E-state index contributed by atoms with van der Waals surface area (Å²) in [5, 5.41) is 1.01. The maximum Gasteiger partial charge on any atom is 0.192 e. The maximum atomic E-state index is 13.0. The second-order valence-electron chi connectivity index (χ2n) is 9.81. The summed E-state index contributed by atoms with van der Waals surface area (Å²) in [5.74, 6) is 1.56. The molecule has 3 rings (SSSR count). The zero-order valence-corrected chi connectivity index (χ0v) is 21.1. The lowest BCUT2D eigenvalue weighted by molar-refractivity contribution is -0.117. The topological polar surface area (TPSA) is 39.4 Å². The number of hydrogen-bond donors (Lipinski definition) is 0. The van der Waals surface area contributed by atoms with Crippen LogP contribution in [0, 0.1) is 12.8 Å². The number of benzene rings is 1. The SMILES string of the molecule is CC1=C[C@@H](CO[Si](C)(C)C(C)(C)C)[C@H](c2oc(SCc3ccccc3)cc2C)C1=O. The molecule has 1 aliphatic carbocycles. The Bertz CT molecular complexity index is 922. The van der Waals surface area contributed by atoms with Crippen molar-refractivity contribution in [1.29, 1.82) is 0 Å². The van der Waals surface area contributed by atoms with Crippen LogP contribution in [0.1, 0.15) is 50.5 Å². The first-order valence-electron chi connectivity index (χ1n) is 10.6. The number of rotatable bonds is 7. The Morgan fingerprint density at radius 3 is 2.43 bits per heavy atom. The van der Waals surface area contributed by atoms with E-state index in [0.29, 0.717) is 6.61 Å². The predicted molar refractivity (Wildman–Crippen MR) is 128 cm³/mol. The second-order valence-corrected chi connectivity index (χ2v) is 15.6. The fourth-order valence-electron chi connectivity index (χ4n) is 3.49. The van der Waals surface area contributed by atoms with Crippen LogP contribution in [0.2, 0.25) is 18.1 Å². The summed E-state index contributed by atoms with van der Waals surface area (Å²) in [7, 11) is -1.88. The monoisotopic (exact) mass is 442 g/mol. The number of aryl methyl sites for hydroxylation is 1. The number of hydrogen-bond acceptors (Lipinski definition) is 4. The number of carbonyl (C=O) groups excluding carboxylic acids is 1. The molecule has 1 aromatic heterocycles. The zero-order valence-electron chi connectivity index (χ0n) is 19.2. The van der Waals surface area contributed by atoms with Gasteiger partial charge in [-0.05, 0) is 54.7 Å². The second kappa shape index (κ2) is 8.89. The molecular weight excluding hydrogens is 408 g/mol. The van der Waals surface area contributed by atoms with Crippen LogP contribution in [0.15, 0.2) is 57.6 Å². The molecule has 0 bridgehead atoms. The average Bonchev–Trinajstić information content (AvgIpc) is 3.17. The standard InChI is InChI=1S/C25H34O3SSi/c1-17-13-20(15-27-30(6,7)25(3,4)5)22(23(17)26)24-18(2)14-21(28-24)29-16-19-11-9-8-10-12-19/h8-14,20,22H,15-16H2,1-7H3/t20-,22-/m0/s1. The molecule has 0 spiro atoms. The summed E-state index contributed by atoms with van der Waals surface area (Å²) in [6.07, 6.45) is 2.08. The van der Waals surface area contributed by atoms with Gasteiger partial charge in [-0.1, -0.05) is 68.9 Å². The number of allylic oxidation sites excluding steroid dienone is 1. The van der Waals surface area contributed by atoms with Crippen molar-refractivity contribution in [2.75, 3.05) is 6.61 Å². The van der Waals surface area contributed by atoms with E-state index in [2.05, 4.69) is 58.1 Å². The van der Waals surface area contributed by atoms with Crippen LogP contribution >= 0.6 is 11.8 Å². The number of furan rings is 1. The normalized spacial score (nSPS) is 20.0. The van der Waals surface area contributed by atoms with Gasteiger partial charge >= 0.3 is 0 Å². The van der Waals surface area contributed by atoms with Gasteiger partial charge in [0.15, 0.2) is 19.2 Å². The number of carbonyl (C=O) groups is 1. The highest BCUT2D eigenvalue weighted by molar-refractivity contribution is 7.98. The Morgan fingerprint density at radius 1 is 1.13 bits per heavy atom. The van der Waals surface area contributed by atoms with Crippen molar-refractivity contribution in [3.05, 3.63) is 64.9 Å². The Balaban J connectivity index is 1.75. The van der Waals surface area contributed by atoms with Gasteiger partial charge in [-0.25, -0.2) is 0 Å². The fourth-order valence-corrected chi connectivity index (χ4v) is 5.45. The molecule has 30 heavy (non-hydrogen) atoms. The molecule has 0 saturated heterocycles. The van der Waals surface area contributed by atoms with E-state index < -0.39 is 8.32 Å². The molecule has 1 heterocycles. The van der Waals surface area contributed by atoms with Crippen molar-refractivity contribution in [2.45, 2.75) is 69.5 Å². The summed E-state index contributed by atoms with van der Waals surface area (Å²) >= 11 is 1.67. The van der Waals surface area contributed by atoms with Crippen molar-refractivity contribution in [1.82, 2.24) is 0 Å². The third-order valence-electron chi connectivity index (χ3n) is 6.45. The smallest absolute Gasteiger partial charge is 0.192 e. The molecule has 1 aliphatic rings.